The summed E-state index contributed by atoms with van der Waals surface area (Å²) in [4.78, 5) is 29.9. The molecule has 500 valence electrons. The number of guanidine groups is 1. The number of imidazole rings is 3. The number of hydrogen-bond acceptors (Lipinski definition) is 11. The molecule has 7 aromatic carbocycles. The first kappa shape index (κ1) is 71.9. The average Bonchev–Trinajstić information content (AvgIpc) is 1.38. The van der Waals surface area contributed by atoms with Crippen LogP contribution in [0.3, 0.4) is 0 Å². The molecule has 0 amide bonds. The number of nitrogens with one attached hydrogen (secondary N) is 2. The molecule has 0 atom stereocenters. The van der Waals surface area contributed by atoms with E-state index >= 15 is 0 Å². The second kappa shape index (κ2) is 35.0. The van der Waals surface area contributed by atoms with Gasteiger partial charge in [0.15, 0.2) is 6.19 Å². The number of halogens is 1. The summed E-state index contributed by atoms with van der Waals surface area (Å²) < 4.78 is 13.1. The molecule has 2 N–H and O–H groups in total. The summed E-state index contributed by atoms with van der Waals surface area (Å²) >= 11 is 0. The number of aryl methyl sites for hydroxylation is 3. The fourth-order valence-corrected chi connectivity index (χ4v) is 13.6. The highest BCUT2D eigenvalue weighted by molar-refractivity contribution is 5.82. The Kier molecular flexibility index (Phi) is 25.9. The lowest BCUT2D eigenvalue weighted by atomic mass is 9.72. The Morgan fingerprint density at radius 2 is 0.907 bits per heavy atom. The molecule has 0 radical (unpaired) electrons. The summed E-state index contributed by atoms with van der Waals surface area (Å²) in [5.41, 5.74) is 11.9. The van der Waals surface area contributed by atoms with Crippen LogP contribution in [0.1, 0.15) is 102 Å². The second-order valence-electron chi connectivity index (χ2n) is 24.7. The van der Waals surface area contributed by atoms with E-state index in [2.05, 4.69) is 227 Å². The Labute approximate surface area is 571 Å². The maximum Gasteiger partial charge on any atom is 0.308 e. The van der Waals surface area contributed by atoms with Gasteiger partial charge in [-0.1, -0.05) is 146 Å². The number of hydrogen-bond donors (Lipinski definition) is 2. The summed E-state index contributed by atoms with van der Waals surface area (Å²) in [6.45, 7) is 28.2. The van der Waals surface area contributed by atoms with E-state index in [0.29, 0.717) is 24.3 Å². The molecule has 0 saturated carbocycles. The van der Waals surface area contributed by atoms with E-state index in [9.17, 15) is 5.26 Å². The van der Waals surface area contributed by atoms with Crippen LogP contribution in [0.5, 0.6) is 5.75 Å². The number of fused-ring (bicyclic) bond motifs is 3. The van der Waals surface area contributed by atoms with Crippen molar-refractivity contribution in [1.29, 1.82) is 15.8 Å². The van der Waals surface area contributed by atoms with E-state index in [4.69, 9.17) is 36.8 Å². The lowest BCUT2D eigenvalue weighted by Gasteiger charge is -2.43. The zero-order valence-corrected chi connectivity index (χ0v) is 56.8. The number of aromatic nitrogens is 6. The molecule has 0 aliphatic carbocycles. The van der Waals surface area contributed by atoms with Gasteiger partial charge in [-0.25, -0.2) is 15.0 Å². The molecule has 18 nitrogen and oxygen atoms in total. The minimum absolute atomic E-state index is 0. The van der Waals surface area contributed by atoms with Gasteiger partial charge in [0.1, 0.15) is 23.2 Å². The van der Waals surface area contributed by atoms with Gasteiger partial charge in [-0.15, -0.1) is 9.95 Å². The minimum atomic E-state index is -0.0590. The highest BCUT2D eigenvalue weighted by Gasteiger charge is 2.41. The lowest BCUT2D eigenvalue weighted by molar-refractivity contribution is 0.186. The molecule has 19 heteroatoms. The standard InChI is InChI=1S/C28H27N5O.C24H28N6.C20H23N3.C4H6N2.C2H3N.FH.H2/c1-22-31-25-14-8-9-15-26(25)33(22)20-28(23-10-4-2-5-11-23)16-18-32(19-17-28)27(30-21-29)34-24-12-6-3-7-13-24;1-3-26-23(27-18-25)29-15-13-24(14-16-29,20-9-5-4-6-10-20)17-30-19(2)28-21-11-7-8-12-22(21)30;1-16-22-18-9-5-6-10-19(18)23(16)15-20(11-13-21-14-12-20)17-7-3-2-4-8-17;1-4(2)6-5-3;1-2-3;;/h2-15H,16-20H2,1H3;4-12H,3,13-17H2,1-2H3,(H,26,27);2-10,21H,11-15H2,1H3;1-2H3;1H3;2*1H/i;;;;;;1+2. The third-order valence-corrected chi connectivity index (χ3v) is 18.5. The molecule has 6 heterocycles. The van der Waals surface area contributed by atoms with Gasteiger partial charge in [0.05, 0.1) is 50.0 Å². The number of benzene rings is 7. The molecule has 10 aromatic rings. The zero-order chi connectivity index (χ0) is 67.8. The summed E-state index contributed by atoms with van der Waals surface area (Å²) in [5, 5.41) is 35.3. The molecule has 0 unspecified atom stereocenters. The third-order valence-electron chi connectivity index (χ3n) is 18.5. The Bertz CT molecular complexity index is 4400. The topological polar surface area (TPSA) is 206 Å². The van der Waals surface area contributed by atoms with E-state index < -0.39 is 0 Å². The van der Waals surface area contributed by atoms with Crippen molar-refractivity contribution in [2.24, 2.45) is 15.1 Å². The quantitative estimate of drug-likeness (QED) is 0.0311. The van der Waals surface area contributed by atoms with Crippen molar-refractivity contribution in [1.82, 2.24) is 49.1 Å². The van der Waals surface area contributed by atoms with Crippen LogP contribution in [0, 0.1) is 61.6 Å². The predicted molar refractivity (Wildman–Crippen MR) is 390 cm³/mol. The maximum absolute atomic E-state index is 9.27. The van der Waals surface area contributed by atoms with E-state index in [-0.39, 0.29) is 22.4 Å². The van der Waals surface area contributed by atoms with E-state index in [1.165, 1.54) is 47.5 Å². The molecule has 3 aliphatic rings. The molecular formula is C78H90FN17O. The molecule has 0 bridgehead atoms. The first-order valence-corrected chi connectivity index (χ1v) is 33.0. The molecule has 3 aromatic heterocycles. The van der Waals surface area contributed by atoms with Crippen LogP contribution >= 0.6 is 0 Å². The van der Waals surface area contributed by atoms with Gasteiger partial charge < -0.3 is 33.6 Å². The van der Waals surface area contributed by atoms with Gasteiger partial charge in [-0.3, -0.25) is 15.0 Å². The lowest BCUT2D eigenvalue weighted by Crippen LogP contribution is -2.50. The van der Waals surface area contributed by atoms with Crippen molar-refractivity contribution >= 4 is 50.8 Å². The van der Waals surface area contributed by atoms with Crippen molar-refractivity contribution in [2.45, 2.75) is 123 Å². The van der Waals surface area contributed by atoms with Gasteiger partial charge >= 0.3 is 6.02 Å². The Morgan fingerprint density at radius 3 is 1.25 bits per heavy atom. The van der Waals surface area contributed by atoms with Crippen LogP contribution < -0.4 is 15.4 Å². The molecule has 97 heavy (non-hydrogen) atoms. The number of aliphatic imine (C=N–C) groups is 2. The number of piperidine rings is 3. The predicted octanol–water partition coefficient (Wildman–Crippen LogP) is 15.0. The first-order valence-electron chi connectivity index (χ1n) is 33.0. The van der Waals surface area contributed by atoms with E-state index in [0.717, 1.165) is 130 Å². The van der Waals surface area contributed by atoms with E-state index in [1.54, 1.807) is 19.9 Å². The highest BCUT2D eigenvalue weighted by Crippen LogP contribution is 2.41. The molecule has 3 aliphatic heterocycles. The molecule has 3 saturated heterocycles. The zero-order valence-electron chi connectivity index (χ0n) is 56.8. The second-order valence-corrected chi connectivity index (χ2v) is 24.7. The average molecular weight is 1300 g/mol. The van der Waals surface area contributed by atoms with Crippen LogP contribution in [-0.4, -0.2) is 102 Å². The van der Waals surface area contributed by atoms with Crippen molar-refractivity contribution in [2.75, 3.05) is 45.8 Å². The fraction of sp³-hybridized carbons (Fsp3) is 0.333. The number of likely N-dealkylation sites (tertiary alicyclic amines) is 2. The smallest absolute Gasteiger partial charge is 0.308 e. The Hall–Kier alpha value is -11.0. The van der Waals surface area contributed by atoms with Crippen LogP contribution in [0.4, 0.5) is 4.70 Å². The van der Waals surface area contributed by atoms with Gasteiger partial charge in [-0.05, 0) is 158 Å². The molecular weight excluding hydrogens is 1210 g/mol. The van der Waals surface area contributed by atoms with Crippen LogP contribution in [0.15, 0.2) is 209 Å². The maximum atomic E-state index is 9.27. The third kappa shape index (κ3) is 17.9. The molecule has 3 fully saturated rings. The molecule has 0 spiro atoms. The van der Waals surface area contributed by atoms with Crippen molar-refractivity contribution < 1.29 is 10.9 Å². The van der Waals surface area contributed by atoms with Gasteiger partial charge in [0, 0.05) is 77.0 Å². The van der Waals surface area contributed by atoms with Crippen LogP contribution in [-0.2, 0) is 35.9 Å². The van der Waals surface area contributed by atoms with Crippen LogP contribution in [0.25, 0.3) is 38.1 Å². The van der Waals surface area contributed by atoms with Crippen molar-refractivity contribution in [3.8, 4) is 24.2 Å². The number of para-hydroxylation sites is 7. The van der Waals surface area contributed by atoms with Gasteiger partial charge in [-0.2, -0.15) is 22.4 Å². The van der Waals surface area contributed by atoms with Crippen LogP contribution in [0.2, 0.25) is 0 Å². The summed E-state index contributed by atoms with van der Waals surface area (Å²) in [6, 6.07) is 69.4. The SMILES string of the molecule is CC#N.CCN=C(NC#N)N1CCC(Cn2c(C)nc3ccccc32)(c2ccccc2)CC1.Cc1nc2ccccc2n1CC1(c2ccccc2)CCN(C(=NC#N)Oc2ccccc2)CC1.Cc1nc2ccccc2n1CC1(c2ccccc2)CCNCC1.F.[3HH].[C-]#[N+]N=C(C)C. The number of nitriles is 3. The van der Waals surface area contributed by atoms with E-state index in [1.807, 2.05) is 61.8 Å². The van der Waals surface area contributed by atoms with Crippen molar-refractivity contribution in [3.05, 3.63) is 240 Å². The van der Waals surface area contributed by atoms with Gasteiger partial charge in [0.2, 0.25) is 12.2 Å². The summed E-state index contributed by atoms with van der Waals surface area (Å²) in [6.07, 6.45) is 10.1. The largest absolute Gasteiger partial charge is 0.425 e. The van der Waals surface area contributed by atoms with Gasteiger partial charge in [0.25, 0.3) is 0 Å². The normalized spacial score (nSPS) is 15.2. The minimum Gasteiger partial charge on any atom is -0.425 e. The number of rotatable bonds is 11. The first-order chi connectivity index (χ1) is 46.8. The summed E-state index contributed by atoms with van der Waals surface area (Å²) in [5.74, 6) is 4.55. The Balaban J connectivity index is 0.000000195. The number of amidine groups is 1. The number of ether oxygens (including phenoxy) is 1. The summed E-state index contributed by atoms with van der Waals surface area (Å²) in [7, 11) is 0. The monoisotopic (exact) mass is 1300 g/mol. The molecule has 13 rings (SSSR count). The highest BCUT2D eigenvalue weighted by atomic mass is 19.0. The fourth-order valence-electron chi connectivity index (χ4n) is 13.6. The van der Waals surface area contributed by atoms with Crippen molar-refractivity contribution in [3.63, 3.8) is 0 Å². The number of nitrogens with zero attached hydrogens (tertiary/aromatic N) is 15. The Morgan fingerprint density at radius 1 is 0.557 bits per heavy atom.